The van der Waals surface area contributed by atoms with E-state index in [1.54, 1.807) is 12.1 Å². The van der Waals surface area contributed by atoms with Crippen LogP contribution < -0.4 is 0 Å². The van der Waals surface area contributed by atoms with Gasteiger partial charge in [0.1, 0.15) is 5.82 Å². The minimum Gasteiger partial charge on any atom is -0.340 e. The zero-order valence-corrected chi connectivity index (χ0v) is 16.6. The van der Waals surface area contributed by atoms with Gasteiger partial charge < -0.3 is 9.80 Å². The number of H-pyrrole nitrogens is 1. The Morgan fingerprint density at radius 1 is 1.32 bits per heavy atom. The number of amides is 1. The highest BCUT2D eigenvalue weighted by molar-refractivity contribution is 5.94. The zero-order chi connectivity index (χ0) is 19.5. The average molecular weight is 384 g/mol. The lowest BCUT2D eigenvalue weighted by Gasteiger charge is -2.33. The third kappa shape index (κ3) is 4.27. The lowest BCUT2D eigenvalue weighted by molar-refractivity contribution is 0.0733. The fourth-order valence-electron chi connectivity index (χ4n) is 4.52. The number of likely N-dealkylation sites (tertiary alicyclic amines) is 1. The summed E-state index contributed by atoms with van der Waals surface area (Å²) in [6.45, 7) is 3.84. The third-order valence-corrected chi connectivity index (χ3v) is 6.20. The summed E-state index contributed by atoms with van der Waals surface area (Å²) in [7, 11) is 1.90. The number of halogens is 1. The molecular formula is C22H29FN4O. The normalized spacial score (nSPS) is 17.6. The van der Waals surface area contributed by atoms with Gasteiger partial charge in [0.25, 0.3) is 5.91 Å². The van der Waals surface area contributed by atoms with Crippen molar-refractivity contribution in [2.75, 3.05) is 33.2 Å². The summed E-state index contributed by atoms with van der Waals surface area (Å²) in [6.07, 6.45) is 6.16. The van der Waals surface area contributed by atoms with Gasteiger partial charge in [0.2, 0.25) is 0 Å². The van der Waals surface area contributed by atoms with Gasteiger partial charge in [-0.15, -0.1) is 0 Å². The van der Waals surface area contributed by atoms with Crippen LogP contribution in [-0.2, 0) is 19.3 Å². The van der Waals surface area contributed by atoms with Crippen LogP contribution in [0.25, 0.3) is 0 Å². The van der Waals surface area contributed by atoms with Gasteiger partial charge in [-0.1, -0.05) is 12.1 Å². The molecule has 0 unspecified atom stereocenters. The van der Waals surface area contributed by atoms with Crippen LogP contribution in [0.15, 0.2) is 24.3 Å². The first kappa shape index (κ1) is 19.1. The number of aryl methyl sites for hydroxylation is 1. The van der Waals surface area contributed by atoms with Crippen molar-refractivity contribution >= 4 is 5.91 Å². The van der Waals surface area contributed by atoms with Crippen molar-refractivity contribution < 1.29 is 9.18 Å². The molecule has 150 valence electrons. The number of aromatic nitrogens is 2. The predicted octanol–water partition coefficient (Wildman–Crippen LogP) is 3.06. The number of hydrogen-bond acceptors (Lipinski definition) is 3. The number of carbonyl (C=O) groups is 1. The number of aromatic amines is 1. The van der Waals surface area contributed by atoms with E-state index in [9.17, 15) is 9.18 Å². The van der Waals surface area contributed by atoms with Gasteiger partial charge in [0.15, 0.2) is 5.69 Å². The third-order valence-electron chi connectivity index (χ3n) is 6.20. The minimum absolute atomic E-state index is 0.0490. The molecule has 2 heterocycles. The van der Waals surface area contributed by atoms with Crippen molar-refractivity contribution in [3.63, 3.8) is 0 Å². The van der Waals surface area contributed by atoms with Crippen LogP contribution in [0, 0.1) is 11.7 Å². The van der Waals surface area contributed by atoms with E-state index in [1.807, 2.05) is 18.0 Å². The van der Waals surface area contributed by atoms with Crippen LogP contribution in [0.3, 0.4) is 0 Å². The van der Waals surface area contributed by atoms with Gasteiger partial charge in [-0.25, -0.2) is 4.39 Å². The second-order valence-corrected chi connectivity index (χ2v) is 8.23. The fraction of sp³-hybridized carbons (Fsp3) is 0.545. The van der Waals surface area contributed by atoms with E-state index in [-0.39, 0.29) is 11.7 Å². The first-order chi connectivity index (χ1) is 13.6. The molecule has 0 saturated carbocycles. The Labute approximate surface area is 165 Å². The molecule has 1 aliphatic carbocycles. The topological polar surface area (TPSA) is 52.2 Å². The number of hydrogen-bond donors (Lipinski definition) is 1. The molecule has 0 bridgehead atoms. The molecule has 0 spiro atoms. The maximum atomic E-state index is 13.3. The monoisotopic (exact) mass is 384 g/mol. The molecule has 2 aromatic rings. The molecule has 28 heavy (non-hydrogen) atoms. The molecule has 5 nitrogen and oxygen atoms in total. The Morgan fingerprint density at radius 3 is 2.93 bits per heavy atom. The van der Waals surface area contributed by atoms with Crippen molar-refractivity contribution in [2.24, 2.45) is 5.92 Å². The predicted molar refractivity (Wildman–Crippen MR) is 107 cm³/mol. The molecule has 1 aliphatic heterocycles. The first-order valence-electron chi connectivity index (χ1n) is 10.4. The highest BCUT2D eigenvalue weighted by atomic mass is 19.1. The van der Waals surface area contributed by atoms with Gasteiger partial charge in [-0.2, -0.15) is 5.10 Å². The Bertz CT molecular complexity index is 826. The van der Waals surface area contributed by atoms with E-state index in [1.165, 1.54) is 6.07 Å². The molecule has 6 heteroatoms. The number of rotatable bonds is 6. The summed E-state index contributed by atoms with van der Waals surface area (Å²) in [5.41, 5.74) is 3.95. The Kier molecular flexibility index (Phi) is 5.76. The van der Waals surface area contributed by atoms with E-state index in [0.29, 0.717) is 11.6 Å². The zero-order valence-electron chi connectivity index (χ0n) is 16.6. The van der Waals surface area contributed by atoms with Crippen LogP contribution in [-0.4, -0.2) is 59.1 Å². The number of piperidine rings is 1. The molecule has 1 aromatic heterocycles. The Hall–Kier alpha value is -2.21. The molecule has 0 atom stereocenters. The van der Waals surface area contributed by atoms with Crippen LogP contribution in [0.2, 0.25) is 0 Å². The van der Waals surface area contributed by atoms with Crippen LogP contribution in [0.4, 0.5) is 4.39 Å². The number of nitrogens with one attached hydrogen (secondary N) is 1. The summed E-state index contributed by atoms with van der Waals surface area (Å²) in [4.78, 5) is 17.1. The second-order valence-electron chi connectivity index (χ2n) is 8.23. The summed E-state index contributed by atoms with van der Waals surface area (Å²) in [5, 5.41) is 7.31. The van der Waals surface area contributed by atoms with Crippen LogP contribution >= 0.6 is 0 Å². The molecule has 1 aromatic carbocycles. The van der Waals surface area contributed by atoms with Crippen molar-refractivity contribution in [2.45, 2.75) is 38.5 Å². The minimum atomic E-state index is -0.161. The van der Waals surface area contributed by atoms with Gasteiger partial charge in [0, 0.05) is 31.4 Å². The maximum absolute atomic E-state index is 13.3. The highest BCUT2D eigenvalue weighted by Gasteiger charge is 2.27. The molecule has 1 saturated heterocycles. The quantitative estimate of drug-likeness (QED) is 0.833. The van der Waals surface area contributed by atoms with E-state index < -0.39 is 0 Å². The molecule has 0 radical (unpaired) electrons. The number of fused-ring (bicyclic) bond motifs is 1. The molecule has 1 fully saturated rings. The Morgan fingerprint density at radius 2 is 2.14 bits per heavy atom. The molecule has 1 amide bonds. The van der Waals surface area contributed by atoms with Gasteiger partial charge >= 0.3 is 0 Å². The largest absolute Gasteiger partial charge is 0.340 e. The molecule has 1 N–H and O–H groups in total. The van der Waals surface area contributed by atoms with Gasteiger partial charge in [-0.3, -0.25) is 9.89 Å². The van der Waals surface area contributed by atoms with Crippen LogP contribution in [0.5, 0.6) is 0 Å². The van der Waals surface area contributed by atoms with E-state index >= 15 is 0 Å². The standard InChI is InChI=1S/C22H29FN4O/c1-26(22(28)21-19-6-3-7-20(19)24-25-21)15-17-9-12-27(13-10-17)11-8-16-4-2-5-18(23)14-16/h2,4-5,14,17H,3,6-13,15H2,1H3,(H,24,25). The van der Waals surface area contributed by atoms with Crippen molar-refractivity contribution in [1.82, 2.24) is 20.0 Å². The average Bonchev–Trinajstić information content (AvgIpc) is 3.31. The number of nitrogens with zero attached hydrogens (tertiary/aromatic N) is 3. The van der Waals surface area contributed by atoms with E-state index in [2.05, 4.69) is 15.1 Å². The smallest absolute Gasteiger partial charge is 0.274 e. The van der Waals surface area contributed by atoms with Crippen molar-refractivity contribution in [3.05, 3.63) is 52.6 Å². The summed E-state index contributed by atoms with van der Waals surface area (Å²) >= 11 is 0. The maximum Gasteiger partial charge on any atom is 0.274 e. The summed E-state index contributed by atoms with van der Waals surface area (Å²) in [6, 6.07) is 6.88. The fourth-order valence-corrected chi connectivity index (χ4v) is 4.52. The van der Waals surface area contributed by atoms with Crippen molar-refractivity contribution in [3.8, 4) is 0 Å². The van der Waals surface area contributed by atoms with Gasteiger partial charge in [0.05, 0.1) is 0 Å². The van der Waals surface area contributed by atoms with Crippen LogP contribution in [0.1, 0.15) is 46.6 Å². The molecular weight excluding hydrogens is 355 g/mol. The van der Waals surface area contributed by atoms with E-state index in [0.717, 1.165) is 81.5 Å². The second kappa shape index (κ2) is 8.43. The van der Waals surface area contributed by atoms with E-state index in [4.69, 9.17) is 0 Å². The number of benzene rings is 1. The summed E-state index contributed by atoms with van der Waals surface area (Å²) in [5.74, 6) is 0.422. The lowest BCUT2D eigenvalue weighted by Crippen LogP contribution is -2.40. The summed E-state index contributed by atoms with van der Waals surface area (Å²) < 4.78 is 13.3. The Balaban J connectivity index is 1.23. The highest BCUT2D eigenvalue weighted by Crippen LogP contribution is 2.24. The SMILES string of the molecule is CN(CC1CCN(CCc2cccc(F)c2)CC1)C(=O)c1n[nH]c2c1CCC2. The van der Waals surface area contributed by atoms with Gasteiger partial charge in [-0.05, 0) is 75.2 Å². The first-order valence-corrected chi connectivity index (χ1v) is 10.4. The van der Waals surface area contributed by atoms with Crippen molar-refractivity contribution in [1.29, 1.82) is 0 Å². The number of carbonyl (C=O) groups excluding carboxylic acids is 1. The molecule has 4 rings (SSSR count). The lowest BCUT2D eigenvalue weighted by atomic mass is 9.95. The molecule has 2 aliphatic rings.